The standard InChI is InChI=1S/C15H18N2O4S/c1-9-11(8-18)22-14-12(9)13(19)17(10-4-3-5-10)15(20)16(14)6-7-21-2/h8,10H,3-7H2,1-2H3. The molecule has 0 aliphatic heterocycles. The zero-order valence-electron chi connectivity index (χ0n) is 12.6. The van der Waals surface area contributed by atoms with Crippen LogP contribution in [0.25, 0.3) is 10.2 Å². The Hall–Kier alpha value is -1.73. The summed E-state index contributed by atoms with van der Waals surface area (Å²) in [6.45, 7) is 2.52. The fourth-order valence-electron chi connectivity index (χ4n) is 2.84. The smallest absolute Gasteiger partial charge is 0.332 e. The summed E-state index contributed by atoms with van der Waals surface area (Å²) in [4.78, 5) is 37.8. The van der Waals surface area contributed by atoms with Gasteiger partial charge in [-0.05, 0) is 31.7 Å². The third-order valence-corrected chi connectivity index (χ3v) is 5.59. The van der Waals surface area contributed by atoms with Gasteiger partial charge in [-0.1, -0.05) is 0 Å². The van der Waals surface area contributed by atoms with Crippen LogP contribution in [-0.4, -0.2) is 29.1 Å². The number of rotatable bonds is 5. The van der Waals surface area contributed by atoms with Crippen LogP contribution in [0.15, 0.2) is 9.59 Å². The number of aromatic nitrogens is 2. The average Bonchev–Trinajstić information content (AvgIpc) is 2.78. The number of hydrogen-bond acceptors (Lipinski definition) is 5. The average molecular weight is 322 g/mol. The van der Waals surface area contributed by atoms with Gasteiger partial charge in [0, 0.05) is 13.2 Å². The molecule has 0 radical (unpaired) electrons. The Bertz CT molecular complexity index is 842. The van der Waals surface area contributed by atoms with Gasteiger partial charge in [-0.3, -0.25) is 18.7 Å². The van der Waals surface area contributed by atoms with Crippen LogP contribution in [-0.2, 0) is 11.3 Å². The van der Waals surface area contributed by atoms with Crippen LogP contribution in [0.5, 0.6) is 0 Å². The molecule has 0 bridgehead atoms. The molecule has 0 atom stereocenters. The van der Waals surface area contributed by atoms with Gasteiger partial charge in [0.25, 0.3) is 5.56 Å². The van der Waals surface area contributed by atoms with Crippen molar-refractivity contribution in [1.29, 1.82) is 0 Å². The highest BCUT2D eigenvalue weighted by molar-refractivity contribution is 7.20. The van der Waals surface area contributed by atoms with Crippen molar-refractivity contribution >= 4 is 27.8 Å². The highest BCUT2D eigenvalue weighted by Crippen LogP contribution is 2.31. The lowest BCUT2D eigenvalue weighted by Gasteiger charge is -2.27. The topological polar surface area (TPSA) is 70.3 Å². The first-order valence-corrected chi connectivity index (χ1v) is 8.14. The normalized spacial score (nSPS) is 15.2. The molecule has 118 valence electrons. The number of thiophene rings is 1. The van der Waals surface area contributed by atoms with E-state index in [0.717, 1.165) is 25.5 Å². The number of carbonyl (C=O) groups excluding carboxylic acids is 1. The van der Waals surface area contributed by atoms with Gasteiger partial charge in [0.15, 0.2) is 6.29 Å². The number of carbonyl (C=O) groups is 1. The first kappa shape index (κ1) is 15.2. The Balaban J connectivity index is 2.36. The molecule has 1 aliphatic rings. The van der Waals surface area contributed by atoms with Crippen LogP contribution in [0, 0.1) is 6.92 Å². The summed E-state index contributed by atoms with van der Waals surface area (Å²) in [6, 6.07) is -0.0165. The van der Waals surface area contributed by atoms with Crippen molar-refractivity contribution in [3.05, 3.63) is 31.3 Å². The summed E-state index contributed by atoms with van der Waals surface area (Å²) in [5.41, 5.74) is 0.109. The highest BCUT2D eigenvalue weighted by atomic mass is 32.1. The van der Waals surface area contributed by atoms with Gasteiger partial charge in [0.2, 0.25) is 0 Å². The molecule has 3 rings (SSSR count). The van der Waals surface area contributed by atoms with Crippen LogP contribution >= 0.6 is 11.3 Å². The fourth-order valence-corrected chi connectivity index (χ4v) is 3.97. The van der Waals surface area contributed by atoms with Crippen molar-refractivity contribution in [1.82, 2.24) is 9.13 Å². The maximum Gasteiger partial charge on any atom is 0.332 e. The van der Waals surface area contributed by atoms with Gasteiger partial charge < -0.3 is 4.74 Å². The minimum atomic E-state index is -0.294. The van der Waals surface area contributed by atoms with Crippen LogP contribution in [0.2, 0.25) is 0 Å². The minimum Gasteiger partial charge on any atom is -0.383 e. The summed E-state index contributed by atoms with van der Waals surface area (Å²) < 4.78 is 8.02. The second-order valence-electron chi connectivity index (χ2n) is 5.58. The second kappa shape index (κ2) is 5.81. The molecule has 0 aromatic carbocycles. The summed E-state index contributed by atoms with van der Waals surface area (Å²) in [5.74, 6) is 0. The number of fused-ring (bicyclic) bond motifs is 1. The first-order valence-electron chi connectivity index (χ1n) is 7.32. The zero-order chi connectivity index (χ0) is 15.9. The molecule has 1 saturated carbocycles. The van der Waals surface area contributed by atoms with Crippen LogP contribution < -0.4 is 11.2 Å². The van der Waals surface area contributed by atoms with Crippen LogP contribution in [0.1, 0.15) is 40.5 Å². The number of ether oxygens (including phenoxy) is 1. The van der Waals surface area contributed by atoms with E-state index >= 15 is 0 Å². The lowest BCUT2D eigenvalue weighted by molar-refractivity contribution is 0.112. The third kappa shape index (κ3) is 2.16. The SMILES string of the molecule is COCCn1c(=O)n(C2CCC2)c(=O)c2c(C)c(C=O)sc21. The molecular weight excluding hydrogens is 304 g/mol. The van der Waals surface area contributed by atoms with Crippen LogP contribution in [0.4, 0.5) is 0 Å². The van der Waals surface area contributed by atoms with Gasteiger partial charge >= 0.3 is 5.69 Å². The van der Waals surface area contributed by atoms with Gasteiger partial charge in [-0.2, -0.15) is 0 Å². The minimum absolute atomic E-state index is 0.0165. The van der Waals surface area contributed by atoms with E-state index in [2.05, 4.69) is 0 Å². The molecule has 1 aliphatic carbocycles. The number of methoxy groups -OCH3 is 1. The van der Waals surface area contributed by atoms with Crippen molar-refractivity contribution < 1.29 is 9.53 Å². The van der Waals surface area contributed by atoms with E-state index in [1.807, 2.05) is 0 Å². The van der Waals surface area contributed by atoms with Gasteiger partial charge in [-0.15, -0.1) is 11.3 Å². The molecule has 2 heterocycles. The summed E-state index contributed by atoms with van der Waals surface area (Å²) in [5, 5.41) is 0.495. The Morgan fingerprint density at radius 2 is 2.09 bits per heavy atom. The molecule has 1 fully saturated rings. The summed E-state index contributed by atoms with van der Waals surface area (Å²) in [7, 11) is 1.57. The number of aldehydes is 1. The molecular formula is C15H18N2O4S. The molecule has 0 unspecified atom stereocenters. The van der Waals surface area contributed by atoms with E-state index in [1.165, 1.54) is 15.9 Å². The highest BCUT2D eigenvalue weighted by Gasteiger charge is 2.27. The van der Waals surface area contributed by atoms with E-state index in [9.17, 15) is 14.4 Å². The quantitative estimate of drug-likeness (QED) is 0.786. The largest absolute Gasteiger partial charge is 0.383 e. The van der Waals surface area contributed by atoms with E-state index < -0.39 is 0 Å². The van der Waals surface area contributed by atoms with Crippen molar-refractivity contribution in [2.75, 3.05) is 13.7 Å². The monoisotopic (exact) mass is 322 g/mol. The molecule has 6 nitrogen and oxygen atoms in total. The fraction of sp³-hybridized carbons (Fsp3) is 0.533. The van der Waals surface area contributed by atoms with E-state index in [1.54, 1.807) is 18.6 Å². The summed E-state index contributed by atoms with van der Waals surface area (Å²) >= 11 is 1.20. The third-order valence-electron chi connectivity index (χ3n) is 4.35. The van der Waals surface area contributed by atoms with E-state index in [-0.39, 0.29) is 17.3 Å². The Morgan fingerprint density at radius 1 is 1.36 bits per heavy atom. The van der Waals surface area contributed by atoms with E-state index in [0.29, 0.717) is 33.8 Å². The van der Waals surface area contributed by atoms with Crippen molar-refractivity contribution in [3.63, 3.8) is 0 Å². The Morgan fingerprint density at radius 3 is 2.64 bits per heavy atom. The van der Waals surface area contributed by atoms with Gasteiger partial charge in [0.1, 0.15) is 4.83 Å². The Kier molecular flexibility index (Phi) is 4.01. The van der Waals surface area contributed by atoms with Crippen molar-refractivity contribution in [2.45, 2.75) is 38.8 Å². The van der Waals surface area contributed by atoms with Crippen LogP contribution in [0.3, 0.4) is 0 Å². The predicted octanol–water partition coefficient (Wildman–Crippen LogP) is 1.72. The maximum absolute atomic E-state index is 12.8. The molecule has 0 saturated heterocycles. The molecule has 0 amide bonds. The van der Waals surface area contributed by atoms with Gasteiger partial charge in [-0.25, -0.2) is 4.79 Å². The predicted molar refractivity (Wildman–Crippen MR) is 85.2 cm³/mol. The van der Waals surface area contributed by atoms with E-state index in [4.69, 9.17) is 4.74 Å². The van der Waals surface area contributed by atoms with Crippen molar-refractivity contribution in [3.8, 4) is 0 Å². The summed E-state index contributed by atoms with van der Waals surface area (Å²) in [6.07, 6.45) is 3.50. The maximum atomic E-state index is 12.8. The Labute approximate surface area is 130 Å². The number of nitrogens with zero attached hydrogens (tertiary/aromatic N) is 2. The first-order chi connectivity index (χ1) is 10.6. The zero-order valence-corrected chi connectivity index (χ0v) is 13.4. The molecule has 22 heavy (non-hydrogen) atoms. The molecule has 0 N–H and O–H groups in total. The number of hydrogen-bond donors (Lipinski definition) is 0. The second-order valence-corrected chi connectivity index (χ2v) is 6.61. The number of aryl methyl sites for hydroxylation is 1. The lowest BCUT2D eigenvalue weighted by Crippen LogP contribution is -2.44. The molecule has 2 aromatic rings. The molecule has 2 aromatic heterocycles. The lowest BCUT2D eigenvalue weighted by atomic mass is 9.93. The van der Waals surface area contributed by atoms with Crippen molar-refractivity contribution in [2.24, 2.45) is 0 Å². The van der Waals surface area contributed by atoms with Gasteiger partial charge in [0.05, 0.1) is 23.4 Å². The molecule has 0 spiro atoms. The molecule has 7 heteroatoms.